The molecule has 0 amide bonds. The number of rotatable bonds is 6. The Kier molecular flexibility index (Phi) is 4.99. The highest BCUT2D eigenvalue weighted by molar-refractivity contribution is 5.42. The first-order chi connectivity index (χ1) is 9.35. The lowest BCUT2D eigenvalue weighted by Gasteiger charge is -2.15. The molecule has 2 N–H and O–H groups in total. The zero-order valence-electron chi connectivity index (χ0n) is 11.7. The van der Waals surface area contributed by atoms with Crippen molar-refractivity contribution in [1.82, 2.24) is 5.43 Å². The molecule has 2 nitrogen and oxygen atoms in total. The molecule has 0 fully saturated rings. The normalized spacial score (nSPS) is 10.4. The Morgan fingerprint density at radius 3 is 2.00 bits per heavy atom. The Labute approximate surface area is 115 Å². The van der Waals surface area contributed by atoms with Crippen molar-refractivity contribution < 1.29 is 0 Å². The molecule has 0 aliphatic carbocycles. The zero-order valence-corrected chi connectivity index (χ0v) is 11.7. The summed E-state index contributed by atoms with van der Waals surface area (Å²) < 4.78 is 0. The van der Waals surface area contributed by atoms with Gasteiger partial charge in [-0.25, -0.2) is 5.43 Å². The predicted octanol–water partition coefficient (Wildman–Crippen LogP) is 3.93. The largest absolute Gasteiger partial charge is 0.321 e. The molecule has 0 heterocycles. The number of aryl methyl sites for hydroxylation is 2. The van der Waals surface area contributed by atoms with Gasteiger partial charge in [0.1, 0.15) is 0 Å². The molecule has 2 heteroatoms. The molecule has 0 atom stereocenters. The van der Waals surface area contributed by atoms with E-state index in [4.69, 9.17) is 0 Å². The molecule has 2 aromatic carbocycles. The summed E-state index contributed by atoms with van der Waals surface area (Å²) in [7, 11) is 0. The first-order valence-electron chi connectivity index (χ1n) is 6.98. The van der Waals surface area contributed by atoms with Gasteiger partial charge >= 0.3 is 0 Å². The maximum absolute atomic E-state index is 3.32. The van der Waals surface area contributed by atoms with Gasteiger partial charge < -0.3 is 5.43 Å². The van der Waals surface area contributed by atoms with E-state index in [1.54, 1.807) is 0 Å². The Hall–Kier alpha value is -1.80. The van der Waals surface area contributed by atoms with Crippen molar-refractivity contribution in [2.24, 2.45) is 0 Å². The molecule has 2 rings (SSSR count). The van der Waals surface area contributed by atoms with E-state index in [2.05, 4.69) is 55.0 Å². The molecular formula is C17H22N2. The number of hydrazine groups is 1. The second kappa shape index (κ2) is 6.95. The van der Waals surface area contributed by atoms with Gasteiger partial charge in [0, 0.05) is 12.2 Å². The Balaban J connectivity index is 2.02. The molecule has 0 aliphatic rings. The molecule has 0 aromatic heterocycles. The summed E-state index contributed by atoms with van der Waals surface area (Å²) in [6.07, 6.45) is 2.16. The van der Waals surface area contributed by atoms with Gasteiger partial charge in [0.25, 0.3) is 0 Å². The summed E-state index contributed by atoms with van der Waals surface area (Å²) in [6.45, 7) is 5.27. The van der Waals surface area contributed by atoms with Gasteiger partial charge in [-0.1, -0.05) is 50.2 Å². The van der Waals surface area contributed by atoms with E-state index in [0.29, 0.717) is 0 Å². The average Bonchev–Trinajstić information content (AvgIpc) is 2.48. The summed E-state index contributed by atoms with van der Waals surface area (Å²) in [4.78, 5) is 0. The van der Waals surface area contributed by atoms with Crippen molar-refractivity contribution in [3.63, 3.8) is 0 Å². The lowest BCUT2D eigenvalue weighted by Crippen LogP contribution is -2.22. The van der Waals surface area contributed by atoms with Gasteiger partial charge in [-0.2, -0.15) is 0 Å². The maximum atomic E-state index is 3.32. The Morgan fingerprint density at radius 2 is 1.42 bits per heavy atom. The number of nitrogens with one attached hydrogen (secondary N) is 2. The van der Waals surface area contributed by atoms with Crippen molar-refractivity contribution in [3.05, 3.63) is 65.2 Å². The van der Waals surface area contributed by atoms with Gasteiger partial charge in [0.2, 0.25) is 0 Å². The summed E-state index contributed by atoms with van der Waals surface area (Å²) >= 11 is 0. The molecule has 0 bridgehead atoms. The molecule has 0 radical (unpaired) electrons. The van der Waals surface area contributed by atoms with Crippen molar-refractivity contribution in [3.8, 4) is 0 Å². The van der Waals surface area contributed by atoms with Crippen LogP contribution in [0.4, 0.5) is 5.69 Å². The van der Waals surface area contributed by atoms with Gasteiger partial charge in [-0.3, -0.25) is 0 Å². The molecule has 0 saturated heterocycles. The quantitative estimate of drug-likeness (QED) is 0.763. The third-order valence-electron chi connectivity index (χ3n) is 3.40. The summed E-state index contributed by atoms with van der Waals surface area (Å²) in [5, 5.41) is 0. The zero-order chi connectivity index (χ0) is 13.5. The predicted molar refractivity (Wildman–Crippen MR) is 82.1 cm³/mol. The first-order valence-corrected chi connectivity index (χ1v) is 6.98. The van der Waals surface area contributed by atoms with Crippen molar-refractivity contribution in [2.45, 2.75) is 33.2 Å². The number of benzene rings is 2. The molecule has 19 heavy (non-hydrogen) atoms. The van der Waals surface area contributed by atoms with Crippen molar-refractivity contribution >= 4 is 5.69 Å². The molecule has 0 unspecified atom stereocenters. The van der Waals surface area contributed by atoms with Crippen LogP contribution >= 0.6 is 0 Å². The standard InChI is InChI=1S/C17H22N2/c1-3-14-9-8-10-15(4-2)17(14)13-18-19-16-11-6-5-7-12-16/h5-12,18-19H,3-4,13H2,1-2H3. The van der Waals surface area contributed by atoms with Crippen molar-refractivity contribution in [1.29, 1.82) is 0 Å². The van der Waals surface area contributed by atoms with Gasteiger partial charge in [0.15, 0.2) is 0 Å². The van der Waals surface area contributed by atoms with Gasteiger partial charge in [-0.15, -0.1) is 0 Å². The molecule has 100 valence electrons. The topological polar surface area (TPSA) is 24.1 Å². The summed E-state index contributed by atoms with van der Waals surface area (Å²) in [5.74, 6) is 0. The van der Waals surface area contributed by atoms with Crippen LogP contribution in [-0.2, 0) is 19.4 Å². The molecule has 2 aromatic rings. The fourth-order valence-electron chi connectivity index (χ4n) is 2.33. The van der Waals surface area contributed by atoms with E-state index in [9.17, 15) is 0 Å². The highest BCUT2D eigenvalue weighted by Crippen LogP contribution is 2.16. The summed E-state index contributed by atoms with van der Waals surface area (Å²) in [5.41, 5.74) is 11.9. The number of hydrogen-bond donors (Lipinski definition) is 2. The van der Waals surface area contributed by atoms with Gasteiger partial charge in [-0.05, 0) is 41.7 Å². The minimum absolute atomic E-state index is 0.849. The number of anilines is 1. The highest BCUT2D eigenvalue weighted by Gasteiger charge is 2.05. The van der Waals surface area contributed by atoms with Crippen LogP contribution < -0.4 is 10.9 Å². The van der Waals surface area contributed by atoms with Crippen LogP contribution in [-0.4, -0.2) is 0 Å². The van der Waals surface area contributed by atoms with Crippen LogP contribution in [0.1, 0.15) is 30.5 Å². The SMILES string of the molecule is CCc1cccc(CC)c1CNNc1ccccc1. The Morgan fingerprint density at radius 1 is 0.789 bits per heavy atom. The lowest BCUT2D eigenvalue weighted by molar-refractivity contribution is 0.779. The fourth-order valence-corrected chi connectivity index (χ4v) is 2.33. The third-order valence-corrected chi connectivity index (χ3v) is 3.40. The Bertz CT molecular complexity index is 484. The summed E-state index contributed by atoms with van der Waals surface area (Å²) in [6, 6.07) is 16.8. The van der Waals surface area contributed by atoms with E-state index in [0.717, 1.165) is 25.1 Å². The minimum Gasteiger partial charge on any atom is -0.321 e. The van der Waals surface area contributed by atoms with E-state index in [1.165, 1.54) is 16.7 Å². The van der Waals surface area contributed by atoms with Crippen LogP contribution in [0.3, 0.4) is 0 Å². The van der Waals surface area contributed by atoms with E-state index < -0.39 is 0 Å². The van der Waals surface area contributed by atoms with E-state index >= 15 is 0 Å². The smallest absolute Gasteiger partial charge is 0.0487 e. The van der Waals surface area contributed by atoms with Gasteiger partial charge in [0.05, 0.1) is 0 Å². The second-order valence-corrected chi connectivity index (χ2v) is 4.61. The lowest BCUT2D eigenvalue weighted by atomic mass is 9.98. The number of hydrogen-bond acceptors (Lipinski definition) is 2. The third kappa shape index (κ3) is 3.58. The molecule has 0 aliphatic heterocycles. The number of para-hydroxylation sites is 1. The maximum Gasteiger partial charge on any atom is 0.0487 e. The van der Waals surface area contributed by atoms with Crippen LogP contribution in [0.25, 0.3) is 0 Å². The van der Waals surface area contributed by atoms with Crippen molar-refractivity contribution in [2.75, 3.05) is 5.43 Å². The van der Waals surface area contributed by atoms with E-state index in [1.807, 2.05) is 18.2 Å². The van der Waals surface area contributed by atoms with E-state index in [-0.39, 0.29) is 0 Å². The molecule has 0 saturated carbocycles. The second-order valence-electron chi connectivity index (χ2n) is 4.61. The highest BCUT2D eigenvalue weighted by atomic mass is 15.3. The van der Waals surface area contributed by atoms with Crippen LogP contribution in [0.5, 0.6) is 0 Å². The van der Waals surface area contributed by atoms with Crippen LogP contribution in [0.15, 0.2) is 48.5 Å². The minimum atomic E-state index is 0.849. The van der Waals surface area contributed by atoms with Crippen LogP contribution in [0, 0.1) is 0 Å². The fraction of sp³-hybridized carbons (Fsp3) is 0.294. The first kappa shape index (κ1) is 13.6. The average molecular weight is 254 g/mol. The van der Waals surface area contributed by atoms with Crippen LogP contribution in [0.2, 0.25) is 0 Å². The molecular weight excluding hydrogens is 232 g/mol. The monoisotopic (exact) mass is 254 g/mol. The molecule has 0 spiro atoms.